The Morgan fingerprint density at radius 2 is 1.93 bits per heavy atom. The molecule has 0 fully saturated rings. The molecular weight excluding hydrogens is 404 g/mol. The van der Waals surface area contributed by atoms with Gasteiger partial charge in [0, 0.05) is 9.90 Å². The molecule has 4 aromatic rings. The Bertz CT molecular complexity index is 1250. The van der Waals surface area contributed by atoms with Crippen molar-refractivity contribution in [2.24, 2.45) is 0 Å². The summed E-state index contributed by atoms with van der Waals surface area (Å²) in [7, 11) is 0. The number of aryl methyl sites for hydroxylation is 2. The van der Waals surface area contributed by atoms with E-state index in [1.807, 2.05) is 36.4 Å². The largest absolute Gasteiger partial charge is 0.488 e. The predicted octanol–water partition coefficient (Wildman–Crippen LogP) is 5.76. The number of aromatic amines is 1. The second-order valence-electron chi connectivity index (χ2n) is 7.22. The first-order valence-corrected chi connectivity index (χ1v) is 10.9. The molecule has 0 saturated heterocycles. The van der Waals surface area contributed by atoms with Crippen LogP contribution >= 0.6 is 22.9 Å². The Kier molecular flexibility index (Phi) is 4.86. The van der Waals surface area contributed by atoms with Crippen molar-refractivity contribution >= 4 is 33.2 Å². The van der Waals surface area contributed by atoms with Crippen molar-refractivity contribution in [2.75, 3.05) is 0 Å². The smallest absolute Gasteiger partial charge is 0.260 e. The SMILES string of the molecule is O=c1[nH]c(-c2cc(Cl)ccc2OCc2ccccc2)nc2sc3c(c12)CCCC3. The molecule has 0 aliphatic heterocycles. The molecule has 5 rings (SSSR count). The first kappa shape index (κ1) is 18.4. The molecule has 4 nitrogen and oxygen atoms in total. The molecular formula is C23H19ClN2O2S. The third-order valence-electron chi connectivity index (χ3n) is 5.26. The van der Waals surface area contributed by atoms with Gasteiger partial charge in [0.25, 0.3) is 5.56 Å². The van der Waals surface area contributed by atoms with Crippen molar-refractivity contribution in [1.29, 1.82) is 0 Å². The van der Waals surface area contributed by atoms with Gasteiger partial charge in [0.2, 0.25) is 0 Å². The van der Waals surface area contributed by atoms with Crippen LogP contribution in [0.4, 0.5) is 0 Å². The van der Waals surface area contributed by atoms with Crippen molar-refractivity contribution in [3.8, 4) is 17.1 Å². The molecule has 2 heterocycles. The molecule has 6 heteroatoms. The highest BCUT2D eigenvalue weighted by Gasteiger charge is 2.21. The van der Waals surface area contributed by atoms with Crippen molar-refractivity contribution in [2.45, 2.75) is 32.3 Å². The van der Waals surface area contributed by atoms with Crippen LogP contribution in [-0.2, 0) is 19.4 Å². The molecule has 2 aromatic carbocycles. The summed E-state index contributed by atoms with van der Waals surface area (Å²) in [5.41, 5.74) is 2.86. The molecule has 0 spiro atoms. The molecule has 0 unspecified atom stereocenters. The van der Waals surface area contributed by atoms with Gasteiger partial charge in [0.1, 0.15) is 23.0 Å². The van der Waals surface area contributed by atoms with Crippen molar-refractivity contribution < 1.29 is 4.74 Å². The minimum absolute atomic E-state index is 0.0848. The van der Waals surface area contributed by atoms with Gasteiger partial charge in [0.05, 0.1) is 10.9 Å². The standard InChI is InChI=1S/C23H19ClN2O2S/c24-15-10-11-18(28-13-14-6-2-1-3-7-14)17(12-15)21-25-22(27)20-16-8-4-5-9-19(16)29-23(20)26-21/h1-3,6-7,10-12H,4-5,8-9,13H2,(H,25,26,27). The molecule has 2 aromatic heterocycles. The van der Waals surface area contributed by atoms with Crippen molar-refractivity contribution in [3.63, 3.8) is 0 Å². The molecule has 0 atom stereocenters. The third-order valence-corrected chi connectivity index (χ3v) is 6.68. The van der Waals surface area contributed by atoms with Crippen LogP contribution in [0.5, 0.6) is 5.75 Å². The fourth-order valence-electron chi connectivity index (χ4n) is 3.84. The molecule has 146 valence electrons. The van der Waals surface area contributed by atoms with E-state index in [1.165, 1.54) is 16.9 Å². The van der Waals surface area contributed by atoms with E-state index < -0.39 is 0 Å². The highest BCUT2D eigenvalue weighted by atomic mass is 35.5. The average molecular weight is 423 g/mol. The Morgan fingerprint density at radius 3 is 2.79 bits per heavy atom. The van der Waals surface area contributed by atoms with Gasteiger partial charge in [-0.3, -0.25) is 4.79 Å². The lowest BCUT2D eigenvalue weighted by atomic mass is 9.97. The molecule has 1 aliphatic rings. The van der Waals surface area contributed by atoms with Crippen LogP contribution in [-0.4, -0.2) is 9.97 Å². The second kappa shape index (κ2) is 7.65. The van der Waals surface area contributed by atoms with Gasteiger partial charge in [-0.15, -0.1) is 11.3 Å². The van der Waals surface area contributed by atoms with E-state index in [0.717, 1.165) is 35.0 Å². The number of hydrogen-bond donors (Lipinski definition) is 1. The number of ether oxygens (including phenoxy) is 1. The second-order valence-corrected chi connectivity index (χ2v) is 8.74. The Balaban J connectivity index is 1.57. The number of benzene rings is 2. The number of nitrogens with zero attached hydrogens (tertiary/aromatic N) is 1. The minimum Gasteiger partial charge on any atom is -0.488 e. The van der Waals surface area contributed by atoms with Crippen LogP contribution in [0.1, 0.15) is 28.8 Å². The van der Waals surface area contributed by atoms with E-state index in [2.05, 4.69) is 4.98 Å². The first-order valence-electron chi connectivity index (χ1n) is 9.70. The summed E-state index contributed by atoms with van der Waals surface area (Å²) in [5.74, 6) is 1.13. The molecule has 1 N–H and O–H groups in total. The number of thiophene rings is 1. The predicted molar refractivity (Wildman–Crippen MR) is 118 cm³/mol. The summed E-state index contributed by atoms with van der Waals surface area (Å²) in [6.45, 7) is 0.426. The van der Waals surface area contributed by atoms with Gasteiger partial charge in [-0.25, -0.2) is 4.98 Å². The van der Waals surface area contributed by atoms with E-state index in [0.29, 0.717) is 28.8 Å². The maximum atomic E-state index is 12.9. The van der Waals surface area contributed by atoms with Crippen LogP contribution < -0.4 is 10.3 Å². The lowest BCUT2D eigenvalue weighted by Crippen LogP contribution is -2.11. The summed E-state index contributed by atoms with van der Waals surface area (Å²) >= 11 is 7.89. The van der Waals surface area contributed by atoms with E-state index in [-0.39, 0.29) is 5.56 Å². The summed E-state index contributed by atoms with van der Waals surface area (Å²) in [4.78, 5) is 22.8. The summed E-state index contributed by atoms with van der Waals surface area (Å²) in [6.07, 6.45) is 4.30. The Hall–Kier alpha value is -2.63. The first-order chi connectivity index (χ1) is 14.2. The highest BCUT2D eigenvalue weighted by molar-refractivity contribution is 7.18. The zero-order valence-corrected chi connectivity index (χ0v) is 17.3. The quantitative estimate of drug-likeness (QED) is 0.454. The topological polar surface area (TPSA) is 55.0 Å². The zero-order chi connectivity index (χ0) is 19.8. The molecule has 0 radical (unpaired) electrons. The van der Waals surface area contributed by atoms with E-state index >= 15 is 0 Å². The van der Waals surface area contributed by atoms with Gasteiger partial charge < -0.3 is 9.72 Å². The van der Waals surface area contributed by atoms with Gasteiger partial charge in [-0.05, 0) is 55.0 Å². The highest BCUT2D eigenvalue weighted by Crippen LogP contribution is 2.36. The minimum atomic E-state index is -0.0848. The molecule has 0 amide bonds. The summed E-state index contributed by atoms with van der Waals surface area (Å²) < 4.78 is 6.05. The van der Waals surface area contributed by atoms with E-state index in [9.17, 15) is 4.79 Å². The van der Waals surface area contributed by atoms with Crippen molar-refractivity contribution in [1.82, 2.24) is 9.97 Å². The number of hydrogen-bond acceptors (Lipinski definition) is 4. The number of rotatable bonds is 4. The number of halogens is 1. The van der Waals surface area contributed by atoms with Crippen LogP contribution in [0, 0.1) is 0 Å². The summed E-state index contributed by atoms with van der Waals surface area (Å²) in [6, 6.07) is 15.4. The van der Waals surface area contributed by atoms with Gasteiger partial charge in [-0.2, -0.15) is 0 Å². The fraction of sp³-hybridized carbons (Fsp3) is 0.217. The maximum absolute atomic E-state index is 12.9. The number of nitrogens with one attached hydrogen (secondary N) is 1. The third kappa shape index (κ3) is 3.56. The number of aromatic nitrogens is 2. The molecule has 0 bridgehead atoms. The molecule has 1 aliphatic carbocycles. The fourth-order valence-corrected chi connectivity index (χ4v) is 5.27. The lowest BCUT2D eigenvalue weighted by Gasteiger charge is -2.12. The zero-order valence-electron chi connectivity index (χ0n) is 15.7. The van der Waals surface area contributed by atoms with E-state index in [4.69, 9.17) is 21.3 Å². The average Bonchev–Trinajstić information content (AvgIpc) is 3.12. The van der Waals surface area contributed by atoms with Crippen LogP contribution in [0.15, 0.2) is 53.3 Å². The van der Waals surface area contributed by atoms with Crippen LogP contribution in [0.2, 0.25) is 5.02 Å². The van der Waals surface area contributed by atoms with Gasteiger partial charge in [-0.1, -0.05) is 41.9 Å². The Morgan fingerprint density at radius 1 is 1.10 bits per heavy atom. The monoisotopic (exact) mass is 422 g/mol. The molecule has 29 heavy (non-hydrogen) atoms. The number of fused-ring (bicyclic) bond motifs is 3. The summed E-state index contributed by atoms with van der Waals surface area (Å²) in [5, 5.41) is 1.32. The van der Waals surface area contributed by atoms with Crippen LogP contribution in [0.3, 0.4) is 0 Å². The lowest BCUT2D eigenvalue weighted by molar-refractivity contribution is 0.307. The molecule has 0 saturated carbocycles. The van der Waals surface area contributed by atoms with Gasteiger partial charge in [0.15, 0.2) is 0 Å². The van der Waals surface area contributed by atoms with E-state index in [1.54, 1.807) is 23.5 Å². The van der Waals surface area contributed by atoms with Crippen LogP contribution in [0.25, 0.3) is 21.6 Å². The van der Waals surface area contributed by atoms with Gasteiger partial charge >= 0.3 is 0 Å². The number of H-pyrrole nitrogens is 1. The normalized spacial score (nSPS) is 13.4. The maximum Gasteiger partial charge on any atom is 0.260 e. The Labute approximate surface area is 177 Å². The van der Waals surface area contributed by atoms with Crippen molar-refractivity contribution in [3.05, 3.63) is 79.9 Å².